The molecule has 0 aliphatic heterocycles. The summed E-state index contributed by atoms with van der Waals surface area (Å²) in [5.74, 6) is 0. The normalized spacial score (nSPS) is 11.3. The van der Waals surface area contributed by atoms with Crippen LogP contribution >= 0.6 is 11.8 Å². The third kappa shape index (κ3) is 2.36. The van der Waals surface area contributed by atoms with E-state index in [4.69, 9.17) is 0 Å². The molecule has 14 heavy (non-hydrogen) atoms. The van der Waals surface area contributed by atoms with E-state index in [-0.39, 0.29) is 4.90 Å². The standard InChI is InChI=1S/C9H10O3S2/c1-13-8-5-7(6-10)3-4-9(8)14(2,11)12/h3-6H,1-2H3. The lowest BCUT2D eigenvalue weighted by molar-refractivity contribution is 0.112. The molecule has 0 saturated heterocycles. The van der Waals surface area contributed by atoms with Gasteiger partial charge in [-0.1, -0.05) is 6.07 Å². The van der Waals surface area contributed by atoms with E-state index in [0.29, 0.717) is 16.7 Å². The van der Waals surface area contributed by atoms with Crippen molar-refractivity contribution in [3.8, 4) is 0 Å². The van der Waals surface area contributed by atoms with Crippen LogP contribution in [0.1, 0.15) is 10.4 Å². The molecular formula is C9H10O3S2. The Morgan fingerprint density at radius 3 is 2.43 bits per heavy atom. The van der Waals surface area contributed by atoms with Gasteiger partial charge in [0.1, 0.15) is 6.29 Å². The Kier molecular flexibility index (Phi) is 3.34. The highest BCUT2D eigenvalue weighted by atomic mass is 32.2. The Bertz CT molecular complexity index is 449. The lowest BCUT2D eigenvalue weighted by Crippen LogP contribution is -1.99. The molecule has 0 heterocycles. The Labute approximate surface area is 87.4 Å². The van der Waals surface area contributed by atoms with Gasteiger partial charge in [0.25, 0.3) is 0 Å². The number of carbonyl (C=O) groups is 1. The molecule has 0 amide bonds. The number of hydrogen-bond donors (Lipinski definition) is 0. The average molecular weight is 230 g/mol. The van der Waals surface area contributed by atoms with Crippen molar-refractivity contribution in [2.45, 2.75) is 9.79 Å². The minimum atomic E-state index is -3.21. The Balaban J connectivity index is 3.40. The second kappa shape index (κ2) is 4.14. The van der Waals surface area contributed by atoms with Crippen LogP contribution in [-0.4, -0.2) is 27.2 Å². The van der Waals surface area contributed by atoms with Crippen molar-refractivity contribution in [3.05, 3.63) is 23.8 Å². The molecule has 0 aromatic heterocycles. The summed E-state index contributed by atoms with van der Waals surface area (Å²) in [6.45, 7) is 0. The third-order valence-electron chi connectivity index (χ3n) is 1.72. The molecule has 0 N–H and O–H groups in total. The highest BCUT2D eigenvalue weighted by molar-refractivity contribution is 7.99. The smallest absolute Gasteiger partial charge is 0.176 e. The van der Waals surface area contributed by atoms with Gasteiger partial charge < -0.3 is 0 Å². The summed E-state index contributed by atoms with van der Waals surface area (Å²) < 4.78 is 22.6. The fourth-order valence-corrected chi connectivity index (χ4v) is 3.03. The van der Waals surface area contributed by atoms with Gasteiger partial charge >= 0.3 is 0 Å². The van der Waals surface area contributed by atoms with E-state index in [1.807, 2.05) is 0 Å². The van der Waals surface area contributed by atoms with Crippen molar-refractivity contribution in [1.82, 2.24) is 0 Å². The molecule has 0 aliphatic carbocycles. The van der Waals surface area contributed by atoms with Crippen molar-refractivity contribution in [3.63, 3.8) is 0 Å². The molecule has 0 bridgehead atoms. The molecule has 0 aliphatic rings. The third-order valence-corrected chi connectivity index (χ3v) is 3.78. The van der Waals surface area contributed by atoms with Gasteiger partial charge in [0, 0.05) is 16.7 Å². The summed E-state index contributed by atoms with van der Waals surface area (Å²) >= 11 is 1.31. The molecule has 0 fully saturated rings. The summed E-state index contributed by atoms with van der Waals surface area (Å²) in [5.41, 5.74) is 0.488. The summed E-state index contributed by atoms with van der Waals surface area (Å²) in [6, 6.07) is 4.54. The number of rotatable bonds is 3. The summed E-state index contributed by atoms with van der Waals surface area (Å²) in [7, 11) is -3.21. The van der Waals surface area contributed by atoms with Crippen LogP contribution < -0.4 is 0 Å². The lowest BCUT2D eigenvalue weighted by Gasteiger charge is -2.05. The SMILES string of the molecule is CSc1cc(C=O)ccc1S(C)(=O)=O. The quantitative estimate of drug-likeness (QED) is 0.585. The Hall–Kier alpha value is -0.810. The molecule has 5 heteroatoms. The first-order valence-corrected chi connectivity index (χ1v) is 6.94. The van der Waals surface area contributed by atoms with E-state index >= 15 is 0 Å². The van der Waals surface area contributed by atoms with E-state index in [0.717, 1.165) is 6.26 Å². The number of hydrogen-bond acceptors (Lipinski definition) is 4. The predicted octanol–water partition coefficient (Wildman–Crippen LogP) is 1.62. The van der Waals surface area contributed by atoms with Crippen LogP contribution in [-0.2, 0) is 9.84 Å². The fraction of sp³-hybridized carbons (Fsp3) is 0.222. The Morgan fingerprint density at radius 2 is 2.00 bits per heavy atom. The molecule has 0 atom stereocenters. The maximum absolute atomic E-state index is 11.3. The zero-order valence-electron chi connectivity index (χ0n) is 7.85. The number of aldehydes is 1. The van der Waals surface area contributed by atoms with Crippen molar-refractivity contribution < 1.29 is 13.2 Å². The van der Waals surface area contributed by atoms with Crippen LogP contribution in [0.5, 0.6) is 0 Å². The largest absolute Gasteiger partial charge is 0.298 e. The van der Waals surface area contributed by atoms with Crippen LogP contribution in [0.3, 0.4) is 0 Å². The minimum absolute atomic E-state index is 0.274. The highest BCUT2D eigenvalue weighted by Gasteiger charge is 2.12. The lowest BCUT2D eigenvalue weighted by atomic mass is 10.2. The number of benzene rings is 1. The molecular weight excluding hydrogens is 220 g/mol. The molecule has 1 aromatic carbocycles. The maximum atomic E-state index is 11.3. The van der Waals surface area contributed by atoms with Crippen molar-refractivity contribution in [2.75, 3.05) is 12.5 Å². The van der Waals surface area contributed by atoms with Gasteiger partial charge in [-0.25, -0.2) is 8.42 Å². The highest BCUT2D eigenvalue weighted by Crippen LogP contribution is 2.25. The van der Waals surface area contributed by atoms with Gasteiger partial charge in [-0.05, 0) is 18.4 Å². The zero-order chi connectivity index (χ0) is 10.8. The topological polar surface area (TPSA) is 51.2 Å². The second-order valence-electron chi connectivity index (χ2n) is 2.80. The second-order valence-corrected chi connectivity index (χ2v) is 5.63. The first kappa shape index (κ1) is 11.3. The summed E-state index contributed by atoms with van der Waals surface area (Å²) in [4.78, 5) is 11.4. The van der Waals surface area contributed by atoms with Crippen molar-refractivity contribution >= 4 is 27.9 Å². The van der Waals surface area contributed by atoms with Gasteiger partial charge in [-0.2, -0.15) is 0 Å². The van der Waals surface area contributed by atoms with Gasteiger partial charge in [0.2, 0.25) is 0 Å². The minimum Gasteiger partial charge on any atom is -0.298 e. The first-order valence-electron chi connectivity index (χ1n) is 3.82. The molecule has 0 saturated carbocycles. The Morgan fingerprint density at radius 1 is 1.36 bits per heavy atom. The molecule has 0 radical (unpaired) electrons. The average Bonchev–Trinajstić information content (AvgIpc) is 2.15. The molecule has 1 rings (SSSR count). The van der Waals surface area contributed by atoms with Gasteiger partial charge in [0.15, 0.2) is 9.84 Å². The zero-order valence-corrected chi connectivity index (χ0v) is 9.48. The predicted molar refractivity (Wildman–Crippen MR) is 56.7 cm³/mol. The molecule has 3 nitrogen and oxygen atoms in total. The van der Waals surface area contributed by atoms with E-state index in [1.54, 1.807) is 12.3 Å². The van der Waals surface area contributed by atoms with Gasteiger partial charge in [-0.15, -0.1) is 11.8 Å². The maximum Gasteiger partial charge on any atom is 0.176 e. The van der Waals surface area contributed by atoms with Gasteiger partial charge in [-0.3, -0.25) is 4.79 Å². The number of thioether (sulfide) groups is 1. The van der Waals surface area contributed by atoms with Crippen molar-refractivity contribution in [1.29, 1.82) is 0 Å². The first-order chi connectivity index (χ1) is 6.49. The van der Waals surface area contributed by atoms with E-state index < -0.39 is 9.84 Å². The van der Waals surface area contributed by atoms with Crippen LogP contribution in [0.15, 0.2) is 28.0 Å². The molecule has 1 aromatic rings. The van der Waals surface area contributed by atoms with Crippen LogP contribution in [0, 0.1) is 0 Å². The fourth-order valence-electron chi connectivity index (χ4n) is 1.06. The summed E-state index contributed by atoms with van der Waals surface area (Å²) in [6.07, 6.45) is 3.63. The molecule has 0 spiro atoms. The van der Waals surface area contributed by atoms with Gasteiger partial charge in [0.05, 0.1) is 4.90 Å². The van der Waals surface area contributed by atoms with E-state index in [9.17, 15) is 13.2 Å². The molecule has 76 valence electrons. The van der Waals surface area contributed by atoms with Crippen LogP contribution in [0.2, 0.25) is 0 Å². The monoisotopic (exact) mass is 230 g/mol. The van der Waals surface area contributed by atoms with Crippen molar-refractivity contribution in [2.24, 2.45) is 0 Å². The number of sulfone groups is 1. The summed E-state index contributed by atoms with van der Waals surface area (Å²) in [5, 5.41) is 0. The van der Waals surface area contributed by atoms with E-state index in [1.165, 1.54) is 23.9 Å². The van der Waals surface area contributed by atoms with E-state index in [2.05, 4.69) is 0 Å². The molecule has 0 unspecified atom stereocenters. The number of carbonyl (C=O) groups excluding carboxylic acids is 1. The van der Waals surface area contributed by atoms with Crippen LogP contribution in [0.4, 0.5) is 0 Å². The van der Waals surface area contributed by atoms with Crippen LogP contribution in [0.25, 0.3) is 0 Å².